The third kappa shape index (κ3) is 5.94. The van der Waals surface area contributed by atoms with Crippen molar-refractivity contribution in [1.82, 2.24) is 0 Å². The highest BCUT2D eigenvalue weighted by Crippen LogP contribution is 2.34. The van der Waals surface area contributed by atoms with Crippen molar-refractivity contribution >= 4 is 58.4 Å². The molecule has 1 aliphatic rings. The van der Waals surface area contributed by atoms with E-state index in [2.05, 4.69) is 10.6 Å². The van der Waals surface area contributed by atoms with E-state index in [9.17, 15) is 24.0 Å². The fraction of sp³-hybridized carbons (Fsp3) is 0.227. The lowest BCUT2D eigenvalue weighted by Gasteiger charge is -2.15. The molecule has 1 heterocycles. The first-order valence-corrected chi connectivity index (χ1v) is 10.6. The summed E-state index contributed by atoms with van der Waals surface area (Å²) in [5, 5.41) is 13.3. The smallest absolute Gasteiger partial charge is 0.303 e. The largest absolute Gasteiger partial charge is 0.481 e. The number of anilines is 3. The van der Waals surface area contributed by atoms with Crippen LogP contribution < -0.4 is 15.5 Å². The third-order valence-corrected chi connectivity index (χ3v) is 5.73. The van der Waals surface area contributed by atoms with Gasteiger partial charge in [-0.15, -0.1) is 11.8 Å². The Labute approximate surface area is 188 Å². The van der Waals surface area contributed by atoms with Crippen molar-refractivity contribution in [3.63, 3.8) is 0 Å². The molecule has 0 aliphatic carbocycles. The van der Waals surface area contributed by atoms with Crippen LogP contribution in [0.4, 0.5) is 17.1 Å². The Balaban J connectivity index is 1.60. The Kier molecular flexibility index (Phi) is 7.26. The summed E-state index contributed by atoms with van der Waals surface area (Å²) < 4.78 is 0. The number of carboxylic acid groups (broad SMARTS) is 1. The molecule has 1 saturated heterocycles. The molecule has 3 N–H and O–H groups in total. The number of amides is 4. The number of rotatable bonds is 8. The molecule has 0 spiro atoms. The first-order chi connectivity index (χ1) is 15.2. The lowest BCUT2D eigenvalue weighted by atomic mass is 10.2. The van der Waals surface area contributed by atoms with Crippen molar-refractivity contribution in [1.29, 1.82) is 0 Å². The SMILES string of the molecule is CC(=O)Nc1ccc(N2C(=O)CC(Sc3ccc(NC(=O)CCC(=O)O)cc3)C2=O)cc1. The molecule has 1 unspecified atom stereocenters. The van der Waals surface area contributed by atoms with Crippen LogP contribution in [0.5, 0.6) is 0 Å². The summed E-state index contributed by atoms with van der Waals surface area (Å²) in [5.74, 6) is -2.28. The zero-order chi connectivity index (χ0) is 23.3. The van der Waals surface area contributed by atoms with E-state index in [0.717, 1.165) is 9.80 Å². The number of thioether (sulfide) groups is 1. The van der Waals surface area contributed by atoms with Gasteiger partial charge in [0.1, 0.15) is 0 Å². The Morgan fingerprint density at radius 2 is 1.56 bits per heavy atom. The minimum Gasteiger partial charge on any atom is -0.481 e. The molecule has 1 fully saturated rings. The van der Waals surface area contributed by atoms with E-state index in [0.29, 0.717) is 17.1 Å². The van der Waals surface area contributed by atoms with E-state index in [4.69, 9.17) is 5.11 Å². The number of carboxylic acids is 1. The van der Waals surface area contributed by atoms with Crippen LogP contribution in [0.25, 0.3) is 0 Å². The number of benzene rings is 2. The number of nitrogens with zero attached hydrogens (tertiary/aromatic N) is 1. The Hall–Kier alpha value is -3.66. The van der Waals surface area contributed by atoms with E-state index in [1.165, 1.54) is 18.7 Å². The molecule has 1 atom stereocenters. The summed E-state index contributed by atoms with van der Waals surface area (Å²) in [6.45, 7) is 1.39. The second kappa shape index (κ2) is 10.1. The average molecular weight is 455 g/mol. The maximum Gasteiger partial charge on any atom is 0.303 e. The number of hydrogen-bond donors (Lipinski definition) is 3. The van der Waals surface area contributed by atoms with E-state index in [-0.39, 0.29) is 37.0 Å². The van der Waals surface area contributed by atoms with E-state index in [1.54, 1.807) is 48.5 Å². The van der Waals surface area contributed by atoms with Crippen LogP contribution in [-0.2, 0) is 24.0 Å². The quantitative estimate of drug-likeness (QED) is 0.521. The van der Waals surface area contributed by atoms with Gasteiger partial charge in [-0.3, -0.25) is 24.0 Å². The zero-order valence-electron chi connectivity index (χ0n) is 17.2. The van der Waals surface area contributed by atoms with Gasteiger partial charge in [-0.05, 0) is 48.5 Å². The number of carbonyl (C=O) groups excluding carboxylic acids is 4. The van der Waals surface area contributed by atoms with Gasteiger partial charge in [-0.1, -0.05) is 0 Å². The second-order valence-corrected chi connectivity index (χ2v) is 8.35. The van der Waals surface area contributed by atoms with Crippen LogP contribution in [0.2, 0.25) is 0 Å². The van der Waals surface area contributed by atoms with Gasteiger partial charge >= 0.3 is 5.97 Å². The van der Waals surface area contributed by atoms with Gasteiger partial charge in [0.15, 0.2) is 0 Å². The van der Waals surface area contributed by atoms with Crippen LogP contribution in [-0.4, -0.2) is 40.0 Å². The molecule has 32 heavy (non-hydrogen) atoms. The maximum atomic E-state index is 12.8. The van der Waals surface area contributed by atoms with Crippen molar-refractivity contribution in [2.45, 2.75) is 36.3 Å². The van der Waals surface area contributed by atoms with Gasteiger partial charge in [0.05, 0.1) is 17.4 Å². The van der Waals surface area contributed by atoms with Crippen LogP contribution in [0.3, 0.4) is 0 Å². The number of hydrogen-bond acceptors (Lipinski definition) is 6. The van der Waals surface area contributed by atoms with Crippen molar-refractivity contribution in [2.24, 2.45) is 0 Å². The zero-order valence-corrected chi connectivity index (χ0v) is 18.0. The highest BCUT2D eigenvalue weighted by Gasteiger charge is 2.40. The standard InChI is InChI=1S/C22H21N3O6S/c1-13(26)23-14-2-6-16(7-3-14)25-20(28)12-18(22(25)31)32-17-8-4-15(5-9-17)24-19(27)10-11-21(29)30/h2-9,18H,10-12H2,1H3,(H,23,26)(H,24,27)(H,29,30). The van der Waals surface area contributed by atoms with Gasteiger partial charge in [-0.25, -0.2) is 4.90 Å². The van der Waals surface area contributed by atoms with Gasteiger partial charge < -0.3 is 15.7 Å². The van der Waals surface area contributed by atoms with Crippen LogP contribution in [0.15, 0.2) is 53.4 Å². The van der Waals surface area contributed by atoms with Crippen molar-refractivity contribution in [2.75, 3.05) is 15.5 Å². The minimum absolute atomic E-state index is 0.0601. The fourth-order valence-corrected chi connectivity index (χ4v) is 4.14. The minimum atomic E-state index is -1.04. The Bertz CT molecular complexity index is 1050. The molecule has 2 aromatic carbocycles. The lowest BCUT2D eigenvalue weighted by Crippen LogP contribution is -2.31. The highest BCUT2D eigenvalue weighted by molar-refractivity contribution is 8.00. The molecule has 166 valence electrons. The van der Waals surface area contributed by atoms with E-state index >= 15 is 0 Å². The van der Waals surface area contributed by atoms with Crippen molar-refractivity contribution < 1.29 is 29.1 Å². The van der Waals surface area contributed by atoms with Crippen LogP contribution in [0.1, 0.15) is 26.2 Å². The average Bonchev–Trinajstić information content (AvgIpc) is 3.01. The van der Waals surface area contributed by atoms with Gasteiger partial charge in [0.2, 0.25) is 23.6 Å². The lowest BCUT2D eigenvalue weighted by molar-refractivity contribution is -0.138. The van der Waals surface area contributed by atoms with E-state index < -0.39 is 17.1 Å². The van der Waals surface area contributed by atoms with Crippen LogP contribution in [0, 0.1) is 0 Å². The molecular weight excluding hydrogens is 434 g/mol. The van der Waals surface area contributed by atoms with Gasteiger partial charge in [-0.2, -0.15) is 0 Å². The number of carbonyl (C=O) groups is 5. The second-order valence-electron chi connectivity index (χ2n) is 7.07. The monoisotopic (exact) mass is 455 g/mol. The van der Waals surface area contributed by atoms with Gasteiger partial charge in [0.25, 0.3) is 0 Å². The fourth-order valence-electron chi connectivity index (χ4n) is 3.09. The molecule has 0 saturated carbocycles. The predicted octanol–water partition coefficient (Wildman–Crippen LogP) is 2.87. The molecule has 4 amide bonds. The maximum absolute atomic E-state index is 12.8. The summed E-state index contributed by atoms with van der Waals surface area (Å²) in [5.41, 5.74) is 1.53. The Morgan fingerprint density at radius 3 is 2.16 bits per heavy atom. The summed E-state index contributed by atoms with van der Waals surface area (Å²) in [6.07, 6.45) is -0.305. The number of nitrogens with one attached hydrogen (secondary N) is 2. The van der Waals surface area contributed by atoms with Crippen LogP contribution >= 0.6 is 11.8 Å². The normalized spacial score (nSPS) is 15.5. The molecular formula is C22H21N3O6S. The Morgan fingerprint density at radius 1 is 0.969 bits per heavy atom. The topological polar surface area (TPSA) is 133 Å². The molecule has 0 bridgehead atoms. The predicted molar refractivity (Wildman–Crippen MR) is 119 cm³/mol. The molecule has 2 aromatic rings. The summed E-state index contributed by atoms with van der Waals surface area (Å²) in [4.78, 5) is 60.6. The van der Waals surface area contributed by atoms with Crippen molar-refractivity contribution in [3.8, 4) is 0 Å². The summed E-state index contributed by atoms with van der Waals surface area (Å²) in [6, 6.07) is 13.2. The summed E-state index contributed by atoms with van der Waals surface area (Å²) >= 11 is 1.26. The summed E-state index contributed by atoms with van der Waals surface area (Å²) in [7, 11) is 0. The van der Waals surface area contributed by atoms with E-state index in [1.807, 2.05) is 0 Å². The molecule has 10 heteroatoms. The molecule has 1 aliphatic heterocycles. The molecule has 0 aromatic heterocycles. The molecule has 3 rings (SSSR count). The third-order valence-electron chi connectivity index (χ3n) is 4.53. The van der Waals surface area contributed by atoms with Gasteiger partial charge in [0, 0.05) is 36.0 Å². The van der Waals surface area contributed by atoms with Crippen molar-refractivity contribution in [3.05, 3.63) is 48.5 Å². The molecule has 9 nitrogen and oxygen atoms in total. The highest BCUT2D eigenvalue weighted by atomic mass is 32.2. The number of imide groups is 1. The first-order valence-electron chi connectivity index (χ1n) is 9.76. The molecule has 0 radical (unpaired) electrons. The number of aliphatic carboxylic acids is 1. The first kappa shape index (κ1) is 23.0.